The van der Waals surface area contributed by atoms with Crippen LogP contribution in [0.5, 0.6) is 0 Å². The van der Waals surface area contributed by atoms with Gasteiger partial charge in [-0.3, -0.25) is 0 Å². The number of anilines is 1. The van der Waals surface area contributed by atoms with Gasteiger partial charge >= 0.3 is 0 Å². The summed E-state index contributed by atoms with van der Waals surface area (Å²) in [4.78, 5) is 9.23. The first-order valence-corrected chi connectivity index (χ1v) is 7.63. The molecule has 1 aromatic rings. The second kappa shape index (κ2) is 8.93. The summed E-state index contributed by atoms with van der Waals surface area (Å²) in [6, 6.07) is 4.44. The second-order valence-corrected chi connectivity index (χ2v) is 5.58. The number of nitrogens with one attached hydrogen (secondary N) is 1. The van der Waals surface area contributed by atoms with Crippen LogP contribution in [-0.2, 0) is 13.0 Å². The Morgan fingerprint density at radius 2 is 1.85 bits per heavy atom. The molecule has 4 heteroatoms. The van der Waals surface area contributed by atoms with Crippen LogP contribution < -0.4 is 10.2 Å². The lowest BCUT2D eigenvalue weighted by Crippen LogP contribution is -2.29. The lowest BCUT2D eigenvalue weighted by molar-refractivity contribution is 0.416. The van der Waals surface area contributed by atoms with Crippen LogP contribution in [0.3, 0.4) is 0 Å². The van der Waals surface area contributed by atoms with Crippen LogP contribution >= 0.6 is 0 Å². The summed E-state index contributed by atoms with van der Waals surface area (Å²) >= 11 is 0. The Kier molecular flexibility index (Phi) is 7.55. The molecule has 1 N–H and O–H groups in total. The van der Waals surface area contributed by atoms with E-state index in [1.807, 2.05) is 0 Å². The van der Waals surface area contributed by atoms with Crippen LogP contribution in [0.4, 0.5) is 5.82 Å². The molecule has 0 spiro atoms. The van der Waals surface area contributed by atoms with E-state index in [0.29, 0.717) is 0 Å². The maximum Gasteiger partial charge on any atom is 0.128 e. The van der Waals surface area contributed by atoms with Gasteiger partial charge in [-0.25, -0.2) is 4.98 Å². The van der Waals surface area contributed by atoms with Gasteiger partial charge in [0.1, 0.15) is 5.82 Å². The normalized spacial score (nSPS) is 11.1. The highest BCUT2D eigenvalue weighted by Crippen LogP contribution is 2.15. The Balaban J connectivity index is 2.83. The van der Waals surface area contributed by atoms with E-state index in [4.69, 9.17) is 4.98 Å². The summed E-state index contributed by atoms with van der Waals surface area (Å²) < 4.78 is 0. The van der Waals surface area contributed by atoms with Gasteiger partial charge in [-0.2, -0.15) is 0 Å². The van der Waals surface area contributed by atoms with Crippen molar-refractivity contribution in [3.63, 3.8) is 0 Å². The standard InChI is InChI=1S/C16H30N4/c1-6-8-15-11-14(13-17-7-2)12-16(18-15)20(5)10-9-19(3)4/h11-12,17H,6-10,13H2,1-5H3. The molecule has 1 aromatic heterocycles. The molecule has 0 amide bonds. The van der Waals surface area contributed by atoms with Crippen molar-refractivity contribution in [2.24, 2.45) is 0 Å². The van der Waals surface area contributed by atoms with Crippen LogP contribution in [0.2, 0.25) is 0 Å². The van der Waals surface area contributed by atoms with E-state index in [0.717, 1.165) is 44.8 Å². The molecule has 0 unspecified atom stereocenters. The van der Waals surface area contributed by atoms with E-state index < -0.39 is 0 Å². The highest BCUT2D eigenvalue weighted by atomic mass is 15.2. The van der Waals surface area contributed by atoms with Crippen molar-refractivity contribution in [3.8, 4) is 0 Å². The second-order valence-electron chi connectivity index (χ2n) is 5.58. The van der Waals surface area contributed by atoms with E-state index in [2.05, 4.69) is 62.2 Å². The molecule has 0 aliphatic heterocycles. The summed E-state index contributed by atoms with van der Waals surface area (Å²) in [6.07, 6.45) is 2.19. The number of hydrogen-bond donors (Lipinski definition) is 1. The van der Waals surface area contributed by atoms with E-state index in [9.17, 15) is 0 Å². The minimum Gasteiger partial charge on any atom is -0.358 e. The van der Waals surface area contributed by atoms with Gasteiger partial charge in [0, 0.05) is 32.4 Å². The van der Waals surface area contributed by atoms with Crippen LogP contribution in [-0.4, -0.2) is 50.7 Å². The van der Waals surface area contributed by atoms with Gasteiger partial charge in [0.15, 0.2) is 0 Å². The smallest absolute Gasteiger partial charge is 0.128 e. The van der Waals surface area contributed by atoms with Gasteiger partial charge in [-0.15, -0.1) is 0 Å². The average molecular weight is 278 g/mol. The fourth-order valence-corrected chi connectivity index (χ4v) is 2.05. The molecule has 0 aliphatic carbocycles. The quantitative estimate of drug-likeness (QED) is 0.750. The molecular weight excluding hydrogens is 248 g/mol. The van der Waals surface area contributed by atoms with Crippen molar-refractivity contribution < 1.29 is 0 Å². The number of hydrogen-bond acceptors (Lipinski definition) is 4. The lowest BCUT2D eigenvalue weighted by atomic mass is 10.1. The molecule has 114 valence electrons. The highest BCUT2D eigenvalue weighted by molar-refractivity contribution is 5.42. The molecule has 0 aromatic carbocycles. The van der Waals surface area contributed by atoms with Crippen molar-refractivity contribution in [2.45, 2.75) is 33.2 Å². The third-order valence-electron chi connectivity index (χ3n) is 3.28. The summed E-state index contributed by atoms with van der Waals surface area (Å²) in [6.45, 7) is 8.29. The summed E-state index contributed by atoms with van der Waals surface area (Å²) in [7, 11) is 6.33. The predicted octanol–water partition coefficient (Wildman–Crippen LogP) is 2.14. The lowest BCUT2D eigenvalue weighted by Gasteiger charge is -2.22. The number of nitrogens with zero attached hydrogens (tertiary/aromatic N) is 3. The molecule has 0 saturated carbocycles. The number of likely N-dealkylation sites (N-methyl/N-ethyl adjacent to an activating group) is 2. The number of pyridine rings is 1. The fourth-order valence-electron chi connectivity index (χ4n) is 2.05. The van der Waals surface area contributed by atoms with E-state index in [1.54, 1.807) is 0 Å². The maximum absolute atomic E-state index is 4.79. The first kappa shape index (κ1) is 16.9. The maximum atomic E-state index is 4.79. The molecule has 0 radical (unpaired) electrons. The Morgan fingerprint density at radius 1 is 1.10 bits per heavy atom. The zero-order valence-electron chi connectivity index (χ0n) is 13.7. The van der Waals surface area contributed by atoms with Crippen molar-refractivity contribution in [3.05, 3.63) is 23.4 Å². The van der Waals surface area contributed by atoms with Gasteiger partial charge in [-0.05, 0) is 44.8 Å². The predicted molar refractivity (Wildman–Crippen MR) is 87.4 cm³/mol. The molecular formula is C16H30N4. The van der Waals surface area contributed by atoms with Gasteiger partial charge in [0.2, 0.25) is 0 Å². The van der Waals surface area contributed by atoms with Crippen LogP contribution in [0, 0.1) is 0 Å². The van der Waals surface area contributed by atoms with Crippen molar-refractivity contribution >= 4 is 5.82 Å². The van der Waals surface area contributed by atoms with E-state index in [-0.39, 0.29) is 0 Å². The SMILES string of the molecule is CCCc1cc(CNCC)cc(N(C)CCN(C)C)n1. The Morgan fingerprint density at radius 3 is 2.45 bits per heavy atom. The molecule has 0 saturated heterocycles. The number of aryl methyl sites for hydroxylation is 1. The molecule has 1 rings (SSSR count). The zero-order chi connectivity index (χ0) is 15.0. The first-order valence-electron chi connectivity index (χ1n) is 7.63. The van der Waals surface area contributed by atoms with Crippen molar-refractivity contribution in [2.75, 3.05) is 45.7 Å². The molecule has 0 fully saturated rings. The van der Waals surface area contributed by atoms with Gasteiger partial charge in [-0.1, -0.05) is 20.3 Å². The van der Waals surface area contributed by atoms with Crippen molar-refractivity contribution in [1.82, 2.24) is 15.2 Å². The molecule has 0 atom stereocenters. The van der Waals surface area contributed by atoms with Gasteiger partial charge < -0.3 is 15.1 Å². The minimum atomic E-state index is 0.921. The summed E-state index contributed by atoms with van der Waals surface area (Å²) in [5.41, 5.74) is 2.53. The Hall–Kier alpha value is -1.13. The topological polar surface area (TPSA) is 31.4 Å². The monoisotopic (exact) mass is 278 g/mol. The van der Waals surface area contributed by atoms with Crippen LogP contribution in [0.15, 0.2) is 12.1 Å². The number of rotatable bonds is 9. The summed E-state index contributed by atoms with van der Waals surface area (Å²) in [5.74, 6) is 1.09. The molecule has 4 nitrogen and oxygen atoms in total. The van der Waals surface area contributed by atoms with Gasteiger partial charge in [0.05, 0.1) is 0 Å². The first-order chi connectivity index (χ1) is 9.56. The molecule has 0 aliphatic rings. The zero-order valence-corrected chi connectivity index (χ0v) is 13.7. The van der Waals surface area contributed by atoms with E-state index >= 15 is 0 Å². The summed E-state index contributed by atoms with van der Waals surface area (Å²) in [5, 5.41) is 3.40. The van der Waals surface area contributed by atoms with Crippen molar-refractivity contribution in [1.29, 1.82) is 0 Å². The minimum absolute atomic E-state index is 0.921. The fraction of sp³-hybridized carbons (Fsp3) is 0.688. The molecule has 0 bridgehead atoms. The molecule has 1 heterocycles. The van der Waals surface area contributed by atoms with Crippen LogP contribution in [0.1, 0.15) is 31.5 Å². The van der Waals surface area contributed by atoms with Gasteiger partial charge in [0.25, 0.3) is 0 Å². The van der Waals surface area contributed by atoms with Crippen LogP contribution in [0.25, 0.3) is 0 Å². The Bertz CT molecular complexity index is 390. The Labute approximate surface area is 124 Å². The largest absolute Gasteiger partial charge is 0.358 e. The third-order valence-corrected chi connectivity index (χ3v) is 3.28. The average Bonchev–Trinajstić information content (AvgIpc) is 2.42. The number of aromatic nitrogens is 1. The highest BCUT2D eigenvalue weighted by Gasteiger charge is 2.07. The van der Waals surface area contributed by atoms with E-state index in [1.165, 1.54) is 11.3 Å². The molecule has 20 heavy (non-hydrogen) atoms. The third kappa shape index (κ3) is 5.88.